The number of nitrogens with two attached hydrogens (primary N) is 1. The molecule has 1 atom stereocenters. The van der Waals surface area contributed by atoms with E-state index in [1.807, 2.05) is 45.9 Å². The Morgan fingerprint density at radius 1 is 1.41 bits per heavy atom. The van der Waals surface area contributed by atoms with Gasteiger partial charge in [0.1, 0.15) is 0 Å². The topological polar surface area (TPSA) is 55.1 Å². The lowest BCUT2D eigenvalue weighted by molar-refractivity contribution is -0.119. The Balaban J connectivity index is 2.82. The number of hydrogen-bond donors (Lipinski definition) is 2. The minimum absolute atomic E-state index is 0.165. The average molecular weight is 299 g/mol. The Hall–Kier alpha value is -0.870. The van der Waals surface area contributed by atoms with Crippen LogP contribution in [0.1, 0.15) is 26.3 Å². The number of amides is 1. The van der Waals surface area contributed by atoms with Gasteiger partial charge in [-0.1, -0.05) is 26.8 Å². The Morgan fingerprint density at radius 3 is 2.47 bits per heavy atom. The molecule has 0 fully saturated rings. The summed E-state index contributed by atoms with van der Waals surface area (Å²) < 4.78 is 0.868. The van der Waals surface area contributed by atoms with Gasteiger partial charge in [-0.15, -0.1) is 0 Å². The van der Waals surface area contributed by atoms with Crippen LogP contribution in [0.5, 0.6) is 0 Å². The largest absolute Gasteiger partial charge is 0.324 e. The van der Waals surface area contributed by atoms with Crippen molar-refractivity contribution in [1.29, 1.82) is 0 Å². The molecule has 1 amide bonds. The molecule has 0 heterocycles. The van der Waals surface area contributed by atoms with Crippen LogP contribution in [-0.2, 0) is 4.79 Å². The second-order valence-corrected chi connectivity index (χ2v) is 6.17. The first-order chi connectivity index (χ1) is 7.71. The van der Waals surface area contributed by atoms with Crippen molar-refractivity contribution in [2.24, 2.45) is 11.1 Å². The van der Waals surface area contributed by atoms with E-state index in [4.69, 9.17) is 5.73 Å². The summed E-state index contributed by atoms with van der Waals surface area (Å²) in [5.74, 6) is -0.165. The zero-order valence-electron chi connectivity index (χ0n) is 10.7. The molecular weight excluding hydrogens is 280 g/mol. The highest BCUT2D eigenvalue weighted by Gasteiger charge is 2.27. The third-order valence-electron chi connectivity index (χ3n) is 2.60. The van der Waals surface area contributed by atoms with E-state index >= 15 is 0 Å². The van der Waals surface area contributed by atoms with Crippen LogP contribution < -0.4 is 11.1 Å². The van der Waals surface area contributed by atoms with Crippen LogP contribution in [0.3, 0.4) is 0 Å². The molecule has 0 saturated carbocycles. The smallest absolute Gasteiger partial charge is 0.241 e. The number of carbonyl (C=O) groups excluding carboxylic acids is 1. The molecule has 1 rings (SSSR count). The van der Waals surface area contributed by atoms with Crippen LogP contribution in [0.25, 0.3) is 0 Å². The van der Waals surface area contributed by atoms with Crippen molar-refractivity contribution in [3.8, 4) is 0 Å². The molecule has 0 radical (unpaired) electrons. The van der Waals surface area contributed by atoms with Gasteiger partial charge in [-0.2, -0.15) is 0 Å². The first-order valence-corrected chi connectivity index (χ1v) is 6.33. The van der Waals surface area contributed by atoms with Crippen molar-refractivity contribution < 1.29 is 4.79 Å². The molecule has 0 bridgehead atoms. The Morgan fingerprint density at radius 2 is 2.00 bits per heavy atom. The fourth-order valence-corrected chi connectivity index (χ4v) is 1.92. The van der Waals surface area contributed by atoms with Gasteiger partial charge < -0.3 is 11.1 Å². The van der Waals surface area contributed by atoms with E-state index in [9.17, 15) is 4.79 Å². The molecular formula is C13H19BrN2O. The first-order valence-electron chi connectivity index (χ1n) is 5.54. The van der Waals surface area contributed by atoms with Crippen LogP contribution in [0.2, 0.25) is 0 Å². The molecule has 3 nitrogen and oxygen atoms in total. The summed E-state index contributed by atoms with van der Waals surface area (Å²) in [7, 11) is 0. The summed E-state index contributed by atoms with van der Waals surface area (Å²) in [6, 6.07) is 5.24. The van der Waals surface area contributed by atoms with Gasteiger partial charge in [0, 0.05) is 4.47 Å². The molecule has 0 spiro atoms. The van der Waals surface area contributed by atoms with E-state index in [0.717, 1.165) is 15.7 Å². The highest BCUT2D eigenvalue weighted by Crippen LogP contribution is 2.25. The average Bonchev–Trinajstić information content (AvgIpc) is 2.19. The summed E-state index contributed by atoms with van der Waals surface area (Å²) in [6.07, 6.45) is 0. The molecule has 1 aromatic rings. The molecule has 0 unspecified atom stereocenters. The minimum atomic E-state index is -0.532. The van der Waals surface area contributed by atoms with Crippen molar-refractivity contribution >= 4 is 27.5 Å². The van der Waals surface area contributed by atoms with Crippen molar-refractivity contribution in [2.45, 2.75) is 33.7 Å². The van der Waals surface area contributed by atoms with E-state index in [2.05, 4.69) is 21.2 Å². The predicted octanol–water partition coefficient (Wildman–Crippen LogP) is 3.07. The molecule has 3 N–H and O–H groups in total. The lowest BCUT2D eigenvalue weighted by Gasteiger charge is -2.26. The summed E-state index contributed by atoms with van der Waals surface area (Å²) in [6.45, 7) is 7.83. The lowest BCUT2D eigenvalue weighted by Crippen LogP contribution is -2.45. The van der Waals surface area contributed by atoms with Gasteiger partial charge in [0.25, 0.3) is 0 Å². The number of aryl methyl sites for hydroxylation is 1. The second kappa shape index (κ2) is 5.19. The number of halogens is 1. The Bertz CT molecular complexity index is 424. The third kappa shape index (κ3) is 3.82. The van der Waals surface area contributed by atoms with Gasteiger partial charge in [-0.3, -0.25) is 4.79 Å². The SMILES string of the molecule is Cc1ccc(NC(=O)[C@H](N)C(C)(C)C)c(Br)c1. The van der Waals surface area contributed by atoms with Crippen molar-refractivity contribution in [3.05, 3.63) is 28.2 Å². The molecule has 0 aliphatic heterocycles. The van der Waals surface area contributed by atoms with Crippen molar-refractivity contribution in [2.75, 3.05) is 5.32 Å². The highest BCUT2D eigenvalue weighted by molar-refractivity contribution is 9.10. The van der Waals surface area contributed by atoms with Gasteiger partial charge >= 0.3 is 0 Å². The molecule has 0 saturated heterocycles. The predicted molar refractivity (Wildman–Crippen MR) is 74.9 cm³/mol. The van der Waals surface area contributed by atoms with Crippen LogP contribution in [0.4, 0.5) is 5.69 Å². The molecule has 1 aromatic carbocycles. The zero-order chi connectivity index (χ0) is 13.2. The summed E-state index contributed by atoms with van der Waals surface area (Å²) in [5, 5.41) is 2.83. The van der Waals surface area contributed by atoms with Gasteiger partial charge in [0.2, 0.25) is 5.91 Å². The fourth-order valence-electron chi connectivity index (χ4n) is 1.33. The molecule has 0 aliphatic rings. The number of anilines is 1. The fraction of sp³-hybridized carbons (Fsp3) is 0.462. The zero-order valence-corrected chi connectivity index (χ0v) is 12.3. The van der Waals surface area contributed by atoms with E-state index in [0.29, 0.717) is 0 Å². The maximum atomic E-state index is 11.9. The monoisotopic (exact) mass is 298 g/mol. The van der Waals surface area contributed by atoms with Gasteiger partial charge in [-0.05, 0) is 46.0 Å². The highest BCUT2D eigenvalue weighted by atomic mass is 79.9. The molecule has 0 aliphatic carbocycles. The maximum absolute atomic E-state index is 11.9. The second-order valence-electron chi connectivity index (χ2n) is 5.32. The normalized spacial score (nSPS) is 13.3. The number of benzene rings is 1. The van der Waals surface area contributed by atoms with Gasteiger partial charge in [0.05, 0.1) is 11.7 Å². The van der Waals surface area contributed by atoms with E-state index in [1.165, 1.54) is 0 Å². The molecule has 17 heavy (non-hydrogen) atoms. The van der Waals surface area contributed by atoms with Crippen molar-refractivity contribution in [1.82, 2.24) is 0 Å². The maximum Gasteiger partial charge on any atom is 0.241 e. The van der Waals surface area contributed by atoms with Crippen LogP contribution >= 0.6 is 15.9 Å². The van der Waals surface area contributed by atoms with E-state index in [-0.39, 0.29) is 11.3 Å². The van der Waals surface area contributed by atoms with Crippen LogP contribution in [0.15, 0.2) is 22.7 Å². The van der Waals surface area contributed by atoms with E-state index in [1.54, 1.807) is 0 Å². The number of carbonyl (C=O) groups is 1. The lowest BCUT2D eigenvalue weighted by atomic mass is 9.87. The molecule has 94 valence electrons. The van der Waals surface area contributed by atoms with Crippen LogP contribution in [-0.4, -0.2) is 11.9 Å². The standard InChI is InChI=1S/C13H19BrN2O/c1-8-5-6-10(9(14)7-8)16-12(17)11(15)13(2,3)4/h5-7,11H,15H2,1-4H3,(H,16,17)/t11-/m0/s1. The van der Waals surface area contributed by atoms with Gasteiger partial charge in [-0.25, -0.2) is 0 Å². The number of nitrogens with one attached hydrogen (secondary N) is 1. The van der Waals surface area contributed by atoms with E-state index < -0.39 is 6.04 Å². The van der Waals surface area contributed by atoms with Crippen LogP contribution in [0, 0.1) is 12.3 Å². The van der Waals surface area contributed by atoms with Crippen molar-refractivity contribution in [3.63, 3.8) is 0 Å². The first kappa shape index (κ1) is 14.2. The number of hydrogen-bond acceptors (Lipinski definition) is 2. The number of rotatable bonds is 2. The minimum Gasteiger partial charge on any atom is -0.324 e. The van der Waals surface area contributed by atoms with Gasteiger partial charge in [0.15, 0.2) is 0 Å². The summed E-state index contributed by atoms with van der Waals surface area (Å²) in [4.78, 5) is 11.9. The molecule has 0 aromatic heterocycles. The third-order valence-corrected chi connectivity index (χ3v) is 3.25. The Kier molecular flexibility index (Phi) is 4.33. The molecule has 4 heteroatoms. The summed E-state index contributed by atoms with van der Waals surface area (Å²) >= 11 is 3.42. The summed E-state index contributed by atoms with van der Waals surface area (Å²) in [5.41, 5.74) is 7.53. The quantitative estimate of drug-likeness (QED) is 0.881. The Labute approximate surface area is 111 Å².